The van der Waals surface area contributed by atoms with Crippen molar-refractivity contribution in [2.45, 2.75) is 26.4 Å². The number of alkyl halides is 2. The number of nitrogens with zero attached hydrogens (tertiary/aromatic N) is 3. The number of benzene rings is 1. The number of rotatable bonds is 6. The van der Waals surface area contributed by atoms with Crippen LogP contribution in [0.2, 0.25) is 0 Å². The highest BCUT2D eigenvalue weighted by Crippen LogP contribution is 2.12. The van der Waals surface area contributed by atoms with E-state index in [0.717, 1.165) is 10.1 Å². The molecule has 0 aliphatic rings. The topological polar surface area (TPSA) is 54.2 Å². The monoisotopic (exact) mass is 449 g/mol. The van der Waals surface area contributed by atoms with E-state index in [4.69, 9.17) is 0 Å². The molecule has 132 valence electrons. The number of guanidine groups is 1. The minimum absolute atomic E-state index is 0. The predicted molar refractivity (Wildman–Crippen MR) is 102 cm³/mol. The number of aryl methyl sites for hydroxylation is 1. The van der Waals surface area contributed by atoms with Gasteiger partial charge in [-0.2, -0.15) is 8.78 Å². The summed E-state index contributed by atoms with van der Waals surface area (Å²) in [4.78, 5) is 8.06. The quantitative estimate of drug-likeness (QED) is 0.405. The maximum absolute atomic E-state index is 12.7. The summed E-state index contributed by atoms with van der Waals surface area (Å²) in [5.74, 6) is 0.974. The van der Waals surface area contributed by atoms with Gasteiger partial charge < -0.3 is 10.6 Å². The van der Waals surface area contributed by atoms with Crippen LogP contribution in [0.4, 0.5) is 8.78 Å². The summed E-state index contributed by atoms with van der Waals surface area (Å²) >= 11 is 0. The maximum Gasteiger partial charge on any atom is 0.319 e. The lowest BCUT2D eigenvalue weighted by molar-refractivity contribution is 0.0670. The van der Waals surface area contributed by atoms with Crippen molar-refractivity contribution in [1.29, 1.82) is 0 Å². The minimum atomic E-state index is -2.56. The van der Waals surface area contributed by atoms with Crippen LogP contribution in [0.1, 0.15) is 23.5 Å². The fourth-order valence-electron chi connectivity index (χ4n) is 2.12. The summed E-state index contributed by atoms with van der Waals surface area (Å²) in [5.41, 5.74) is 2.36. The Balaban J connectivity index is 0.00000288. The van der Waals surface area contributed by atoms with Gasteiger partial charge in [-0.15, -0.1) is 24.0 Å². The summed E-state index contributed by atoms with van der Waals surface area (Å²) in [6.45, 7) is 0.593. The maximum atomic E-state index is 12.7. The van der Waals surface area contributed by atoms with Crippen LogP contribution >= 0.6 is 24.0 Å². The highest BCUT2D eigenvalue weighted by atomic mass is 127. The molecular formula is C16H22F2IN5. The van der Waals surface area contributed by atoms with E-state index in [1.54, 1.807) is 7.05 Å². The van der Waals surface area contributed by atoms with Crippen molar-refractivity contribution in [2.75, 3.05) is 13.6 Å². The van der Waals surface area contributed by atoms with E-state index in [2.05, 4.69) is 44.9 Å². The minimum Gasteiger partial charge on any atom is -0.356 e. The van der Waals surface area contributed by atoms with Gasteiger partial charge in [-0.25, -0.2) is 4.98 Å². The van der Waals surface area contributed by atoms with E-state index in [1.165, 1.54) is 18.0 Å². The Labute approximate surface area is 157 Å². The molecule has 8 heteroatoms. The first-order valence-electron chi connectivity index (χ1n) is 7.40. The number of hydrogen-bond acceptors (Lipinski definition) is 2. The molecule has 2 N–H and O–H groups in total. The van der Waals surface area contributed by atoms with Gasteiger partial charge in [0.25, 0.3) is 0 Å². The van der Waals surface area contributed by atoms with E-state index in [1.807, 2.05) is 6.92 Å². The zero-order valence-electron chi connectivity index (χ0n) is 13.7. The Kier molecular flexibility index (Phi) is 8.66. The number of aliphatic imine (C=N–C) groups is 1. The smallest absolute Gasteiger partial charge is 0.319 e. The molecule has 0 amide bonds. The molecule has 2 rings (SSSR count). The van der Waals surface area contributed by atoms with Crippen LogP contribution < -0.4 is 10.6 Å². The third kappa shape index (κ3) is 6.06. The van der Waals surface area contributed by atoms with E-state index >= 15 is 0 Å². The van der Waals surface area contributed by atoms with Crippen LogP contribution in [-0.4, -0.2) is 29.1 Å². The predicted octanol–water partition coefficient (Wildman–Crippen LogP) is 3.11. The Bertz CT molecular complexity index is 640. The fourth-order valence-corrected chi connectivity index (χ4v) is 2.12. The Morgan fingerprint density at radius 1 is 1.25 bits per heavy atom. The molecule has 0 radical (unpaired) electrons. The lowest BCUT2D eigenvalue weighted by atomic mass is 10.1. The first-order valence-corrected chi connectivity index (χ1v) is 7.40. The van der Waals surface area contributed by atoms with Gasteiger partial charge in [0.2, 0.25) is 0 Å². The van der Waals surface area contributed by atoms with E-state index in [9.17, 15) is 8.78 Å². The molecule has 1 aromatic heterocycles. The third-order valence-corrected chi connectivity index (χ3v) is 3.40. The fraction of sp³-hybridized carbons (Fsp3) is 0.375. The largest absolute Gasteiger partial charge is 0.356 e. The van der Waals surface area contributed by atoms with Gasteiger partial charge in [0.1, 0.15) is 5.82 Å². The normalized spacial score (nSPS) is 11.3. The van der Waals surface area contributed by atoms with E-state index in [-0.39, 0.29) is 24.0 Å². The summed E-state index contributed by atoms with van der Waals surface area (Å²) in [6, 6.07) is 8.21. The van der Waals surface area contributed by atoms with Crippen molar-refractivity contribution in [3.05, 3.63) is 53.6 Å². The summed E-state index contributed by atoms with van der Waals surface area (Å²) in [7, 11) is 1.67. The summed E-state index contributed by atoms with van der Waals surface area (Å²) < 4.78 is 26.3. The van der Waals surface area contributed by atoms with Gasteiger partial charge >= 0.3 is 6.55 Å². The number of imidazole rings is 1. The number of hydrogen-bond donors (Lipinski definition) is 2. The van der Waals surface area contributed by atoms with Gasteiger partial charge in [0, 0.05) is 39.0 Å². The third-order valence-electron chi connectivity index (χ3n) is 3.40. The average molecular weight is 449 g/mol. The van der Waals surface area contributed by atoms with Gasteiger partial charge in [-0.1, -0.05) is 29.8 Å². The van der Waals surface area contributed by atoms with Gasteiger partial charge in [-0.3, -0.25) is 9.56 Å². The van der Waals surface area contributed by atoms with Crippen LogP contribution in [0.5, 0.6) is 0 Å². The summed E-state index contributed by atoms with van der Waals surface area (Å²) in [6.07, 6.45) is 3.05. The van der Waals surface area contributed by atoms with E-state index in [0.29, 0.717) is 31.3 Å². The zero-order valence-corrected chi connectivity index (χ0v) is 16.0. The number of halogens is 3. The average Bonchev–Trinajstić information content (AvgIpc) is 3.01. The molecule has 0 saturated carbocycles. The highest BCUT2D eigenvalue weighted by molar-refractivity contribution is 14.0. The Morgan fingerprint density at radius 2 is 1.96 bits per heavy atom. The molecule has 0 spiro atoms. The molecule has 24 heavy (non-hydrogen) atoms. The van der Waals surface area contributed by atoms with Gasteiger partial charge in [0.05, 0.1) is 0 Å². The number of nitrogens with one attached hydrogen (secondary N) is 2. The van der Waals surface area contributed by atoms with Crippen molar-refractivity contribution in [3.8, 4) is 0 Å². The zero-order chi connectivity index (χ0) is 16.7. The molecule has 5 nitrogen and oxygen atoms in total. The second-order valence-electron chi connectivity index (χ2n) is 5.12. The van der Waals surface area contributed by atoms with Crippen molar-refractivity contribution < 1.29 is 8.78 Å². The first-order chi connectivity index (χ1) is 11.1. The summed E-state index contributed by atoms with van der Waals surface area (Å²) in [5, 5.41) is 6.28. The molecule has 0 saturated heterocycles. The standard InChI is InChI=1S/C16H21F2N5.HI/c1-12-3-5-13(6-4-12)11-22-16(19-2)21-8-7-14-20-9-10-23(14)15(17)18;/h3-6,9-10,15H,7-8,11H2,1-2H3,(H2,19,21,22);1H. The second-order valence-corrected chi connectivity index (χ2v) is 5.12. The molecule has 1 heterocycles. The lowest BCUT2D eigenvalue weighted by Crippen LogP contribution is -2.38. The SMILES string of the molecule is CN=C(NCCc1nccn1C(F)F)NCc1ccc(C)cc1.I. The van der Waals surface area contributed by atoms with Crippen molar-refractivity contribution >= 4 is 29.9 Å². The molecule has 1 aromatic carbocycles. The highest BCUT2D eigenvalue weighted by Gasteiger charge is 2.10. The van der Waals surface area contributed by atoms with Crippen LogP contribution in [0, 0.1) is 6.92 Å². The van der Waals surface area contributed by atoms with Gasteiger partial charge in [-0.05, 0) is 12.5 Å². The van der Waals surface area contributed by atoms with Crippen molar-refractivity contribution in [1.82, 2.24) is 20.2 Å². The van der Waals surface area contributed by atoms with Crippen LogP contribution in [0.15, 0.2) is 41.7 Å². The van der Waals surface area contributed by atoms with Crippen LogP contribution in [-0.2, 0) is 13.0 Å². The molecular weight excluding hydrogens is 427 g/mol. The Hall–Kier alpha value is -1.71. The molecule has 0 bridgehead atoms. The van der Waals surface area contributed by atoms with Crippen molar-refractivity contribution in [2.24, 2.45) is 4.99 Å². The lowest BCUT2D eigenvalue weighted by Gasteiger charge is -2.12. The molecule has 2 aromatic rings. The first kappa shape index (κ1) is 20.3. The van der Waals surface area contributed by atoms with Gasteiger partial charge in [0.15, 0.2) is 5.96 Å². The van der Waals surface area contributed by atoms with Crippen molar-refractivity contribution in [3.63, 3.8) is 0 Å². The second kappa shape index (κ2) is 10.2. The van der Waals surface area contributed by atoms with E-state index < -0.39 is 6.55 Å². The molecule has 0 aliphatic heterocycles. The molecule has 0 atom stereocenters. The Morgan fingerprint density at radius 3 is 2.58 bits per heavy atom. The van der Waals surface area contributed by atoms with Crippen LogP contribution in [0.25, 0.3) is 0 Å². The van der Waals surface area contributed by atoms with Crippen LogP contribution in [0.3, 0.4) is 0 Å². The molecule has 0 fully saturated rings. The number of aromatic nitrogens is 2. The molecule has 0 aliphatic carbocycles. The molecule has 0 unspecified atom stereocenters.